The van der Waals surface area contributed by atoms with E-state index >= 15 is 0 Å². The van der Waals surface area contributed by atoms with E-state index in [1.54, 1.807) is 0 Å². The Hall–Kier alpha value is -1.02. The normalized spacial score (nSPS) is 21.1. The summed E-state index contributed by atoms with van der Waals surface area (Å²) in [6.45, 7) is 0.817. The maximum atomic E-state index is 11.6. The highest BCUT2D eigenvalue weighted by molar-refractivity contribution is 6.31. The van der Waals surface area contributed by atoms with Gasteiger partial charge in [0, 0.05) is 17.5 Å². The molecule has 1 amide bonds. The zero-order valence-electron chi connectivity index (χ0n) is 8.50. The van der Waals surface area contributed by atoms with Gasteiger partial charge in [0.05, 0.1) is 0 Å². The molecule has 0 radical (unpaired) electrons. The number of hydrogen-bond donors (Lipinski definition) is 1. The molecule has 2 nitrogen and oxygen atoms in total. The van der Waals surface area contributed by atoms with Crippen molar-refractivity contribution >= 4 is 17.5 Å². The third kappa shape index (κ3) is 2.51. The molecule has 1 heterocycles. The van der Waals surface area contributed by atoms with E-state index in [1.807, 2.05) is 24.3 Å². The van der Waals surface area contributed by atoms with Crippen molar-refractivity contribution in [1.29, 1.82) is 0 Å². The van der Waals surface area contributed by atoms with Gasteiger partial charge in [-0.1, -0.05) is 29.8 Å². The molecule has 0 bridgehead atoms. The molecule has 1 atom stereocenters. The Balaban J connectivity index is 2.08. The van der Waals surface area contributed by atoms with Crippen LogP contribution in [0.3, 0.4) is 0 Å². The fourth-order valence-corrected chi connectivity index (χ4v) is 2.17. The minimum Gasteiger partial charge on any atom is -0.356 e. The highest BCUT2D eigenvalue weighted by atomic mass is 35.5. The second-order valence-electron chi connectivity index (χ2n) is 3.93. The van der Waals surface area contributed by atoms with E-state index in [1.165, 1.54) is 0 Å². The molecular formula is C12H14ClNO. The first-order valence-corrected chi connectivity index (χ1v) is 5.66. The van der Waals surface area contributed by atoms with Crippen molar-refractivity contribution in [1.82, 2.24) is 5.32 Å². The van der Waals surface area contributed by atoms with Crippen LogP contribution < -0.4 is 5.32 Å². The molecule has 15 heavy (non-hydrogen) atoms. The van der Waals surface area contributed by atoms with Crippen LogP contribution in [0.1, 0.15) is 18.4 Å². The van der Waals surface area contributed by atoms with Crippen LogP contribution >= 0.6 is 11.6 Å². The molecule has 80 valence electrons. The molecule has 1 unspecified atom stereocenters. The van der Waals surface area contributed by atoms with Crippen LogP contribution in [-0.4, -0.2) is 12.5 Å². The molecule has 0 spiro atoms. The Kier molecular flexibility index (Phi) is 3.27. The Morgan fingerprint density at radius 2 is 2.20 bits per heavy atom. The van der Waals surface area contributed by atoms with Crippen molar-refractivity contribution in [3.8, 4) is 0 Å². The lowest BCUT2D eigenvalue weighted by Gasteiger charge is -2.22. The standard InChI is InChI=1S/C12H14ClNO/c13-11-6-2-1-4-9(11)8-10-5-3-7-14-12(10)15/h1-2,4,6,10H,3,5,7-8H2,(H,14,15). The van der Waals surface area contributed by atoms with Crippen LogP contribution in [0.4, 0.5) is 0 Å². The number of hydrogen-bond acceptors (Lipinski definition) is 1. The predicted molar refractivity (Wildman–Crippen MR) is 60.9 cm³/mol. The van der Waals surface area contributed by atoms with Gasteiger partial charge >= 0.3 is 0 Å². The van der Waals surface area contributed by atoms with Gasteiger partial charge in [0.2, 0.25) is 5.91 Å². The summed E-state index contributed by atoms with van der Waals surface area (Å²) in [7, 11) is 0. The Labute approximate surface area is 94.6 Å². The fraction of sp³-hybridized carbons (Fsp3) is 0.417. The molecule has 1 N–H and O–H groups in total. The van der Waals surface area contributed by atoms with Gasteiger partial charge in [-0.25, -0.2) is 0 Å². The van der Waals surface area contributed by atoms with E-state index in [4.69, 9.17) is 11.6 Å². The van der Waals surface area contributed by atoms with Gasteiger partial charge in [-0.3, -0.25) is 4.79 Å². The molecule has 1 aromatic carbocycles. The summed E-state index contributed by atoms with van der Waals surface area (Å²) in [4.78, 5) is 11.6. The number of halogens is 1. The molecule has 0 aliphatic carbocycles. The summed E-state index contributed by atoms with van der Waals surface area (Å²) in [5.41, 5.74) is 1.07. The fourth-order valence-electron chi connectivity index (χ4n) is 1.96. The molecule has 1 aliphatic heterocycles. The number of benzene rings is 1. The van der Waals surface area contributed by atoms with E-state index < -0.39 is 0 Å². The molecule has 1 saturated heterocycles. The SMILES string of the molecule is O=C1NCCCC1Cc1ccccc1Cl. The molecule has 0 aromatic heterocycles. The third-order valence-corrected chi connectivity index (χ3v) is 3.19. The number of rotatable bonds is 2. The summed E-state index contributed by atoms with van der Waals surface area (Å²) >= 11 is 6.06. The van der Waals surface area contributed by atoms with Crippen LogP contribution in [0, 0.1) is 5.92 Å². The van der Waals surface area contributed by atoms with Crippen molar-refractivity contribution in [2.24, 2.45) is 5.92 Å². The smallest absolute Gasteiger partial charge is 0.223 e. The van der Waals surface area contributed by atoms with E-state index in [2.05, 4.69) is 5.32 Å². The van der Waals surface area contributed by atoms with Crippen molar-refractivity contribution in [3.05, 3.63) is 34.9 Å². The number of carbonyl (C=O) groups excluding carboxylic acids is 1. The zero-order chi connectivity index (χ0) is 10.7. The quantitative estimate of drug-likeness (QED) is 0.820. The Morgan fingerprint density at radius 3 is 2.93 bits per heavy atom. The maximum Gasteiger partial charge on any atom is 0.223 e. The predicted octanol–water partition coefficient (Wildman–Crippen LogP) is 2.41. The Morgan fingerprint density at radius 1 is 1.40 bits per heavy atom. The summed E-state index contributed by atoms with van der Waals surface area (Å²) in [6, 6.07) is 7.73. The van der Waals surface area contributed by atoms with Gasteiger partial charge in [-0.15, -0.1) is 0 Å². The number of amides is 1. The first-order valence-electron chi connectivity index (χ1n) is 5.28. The molecule has 2 rings (SSSR count). The molecule has 1 aromatic rings. The van der Waals surface area contributed by atoms with Gasteiger partial charge in [0.25, 0.3) is 0 Å². The van der Waals surface area contributed by atoms with Crippen molar-refractivity contribution < 1.29 is 4.79 Å². The van der Waals surface area contributed by atoms with Crippen molar-refractivity contribution in [2.45, 2.75) is 19.3 Å². The van der Waals surface area contributed by atoms with Crippen LogP contribution in [0.2, 0.25) is 5.02 Å². The number of nitrogens with one attached hydrogen (secondary N) is 1. The van der Waals surface area contributed by atoms with Gasteiger partial charge < -0.3 is 5.32 Å². The van der Waals surface area contributed by atoms with Crippen LogP contribution in [0.25, 0.3) is 0 Å². The second-order valence-corrected chi connectivity index (χ2v) is 4.33. The van der Waals surface area contributed by atoms with Crippen LogP contribution in [0.15, 0.2) is 24.3 Å². The first kappa shape index (κ1) is 10.5. The monoisotopic (exact) mass is 223 g/mol. The summed E-state index contributed by atoms with van der Waals surface area (Å²) in [6.07, 6.45) is 2.80. The minimum atomic E-state index is 0.0960. The lowest BCUT2D eigenvalue weighted by atomic mass is 9.91. The van der Waals surface area contributed by atoms with Gasteiger partial charge in [0.1, 0.15) is 0 Å². The van der Waals surface area contributed by atoms with E-state index in [0.29, 0.717) is 0 Å². The lowest BCUT2D eigenvalue weighted by Crippen LogP contribution is -2.37. The topological polar surface area (TPSA) is 29.1 Å². The van der Waals surface area contributed by atoms with Gasteiger partial charge in [-0.05, 0) is 30.9 Å². The van der Waals surface area contributed by atoms with E-state index in [0.717, 1.165) is 36.4 Å². The Bertz CT molecular complexity index is 364. The van der Waals surface area contributed by atoms with Crippen LogP contribution in [-0.2, 0) is 11.2 Å². The zero-order valence-corrected chi connectivity index (χ0v) is 9.26. The summed E-state index contributed by atoms with van der Waals surface area (Å²) in [5, 5.41) is 3.65. The largest absolute Gasteiger partial charge is 0.356 e. The van der Waals surface area contributed by atoms with E-state index in [-0.39, 0.29) is 11.8 Å². The highest BCUT2D eigenvalue weighted by Crippen LogP contribution is 2.22. The highest BCUT2D eigenvalue weighted by Gasteiger charge is 2.22. The van der Waals surface area contributed by atoms with Crippen LogP contribution in [0.5, 0.6) is 0 Å². The molecular weight excluding hydrogens is 210 g/mol. The summed E-state index contributed by atoms with van der Waals surface area (Å²) in [5.74, 6) is 0.264. The molecule has 1 fully saturated rings. The molecule has 3 heteroatoms. The van der Waals surface area contributed by atoms with Gasteiger partial charge in [-0.2, -0.15) is 0 Å². The maximum absolute atomic E-state index is 11.6. The average Bonchev–Trinajstić information content (AvgIpc) is 2.24. The minimum absolute atomic E-state index is 0.0960. The van der Waals surface area contributed by atoms with Crippen molar-refractivity contribution in [2.75, 3.05) is 6.54 Å². The number of piperidine rings is 1. The third-order valence-electron chi connectivity index (χ3n) is 2.82. The molecule has 1 aliphatic rings. The van der Waals surface area contributed by atoms with Crippen molar-refractivity contribution in [3.63, 3.8) is 0 Å². The van der Waals surface area contributed by atoms with E-state index in [9.17, 15) is 4.79 Å². The molecule has 0 saturated carbocycles. The first-order chi connectivity index (χ1) is 7.27. The van der Waals surface area contributed by atoms with Gasteiger partial charge in [0.15, 0.2) is 0 Å². The summed E-state index contributed by atoms with van der Waals surface area (Å²) < 4.78 is 0. The number of carbonyl (C=O) groups is 1. The second kappa shape index (κ2) is 4.67. The lowest BCUT2D eigenvalue weighted by molar-refractivity contribution is -0.126. The average molecular weight is 224 g/mol.